The van der Waals surface area contributed by atoms with Crippen molar-refractivity contribution in [3.63, 3.8) is 0 Å². The van der Waals surface area contributed by atoms with Gasteiger partial charge in [0.25, 0.3) is 11.8 Å². The summed E-state index contributed by atoms with van der Waals surface area (Å²) in [6, 6.07) is 6.49. The monoisotopic (exact) mass is 468 g/mol. The van der Waals surface area contributed by atoms with Crippen molar-refractivity contribution < 1.29 is 31.8 Å². The van der Waals surface area contributed by atoms with E-state index in [4.69, 9.17) is 21.1 Å². The number of amides is 1. The standard InChI is InChI=1S/C20H13ClF4N4O3/c21-12-5-4-10(18(30)29-13-3-1-2-11(15(13)22)20(23,24)25)8-14(12)32-19-16-17(27-9-28-19)26-6-7-31-16/h1-5,8-9H,6-7H2,(H,29,30)(H,26,27,28). The van der Waals surface area contributed by atoms with Crippen molar-refractivity contribution in [1.29, 1.82) is 0 Å². The number of alkyl halides is 3. The highest BCUT2D eigenvalue weighted by atomic mass is 35.5. The Bertz CT molecular complexity index is 1190. The van der Waals surface area contributed by atoms with Crippen LogP contribution in [0.25, 0.3) is 0 Å². The maximum Gasteiger partial charge on any atom is 0.419 e. The van der Waals surface area contributed by atoms with Crippen molar-refractivity contribution in [2.45, 2.75) is 6.18 Å². The largest absolute Gasteiger partial charge is 0.483 e. The number of anilines is 2. The molecule has 4 rings (SSSR count). The van der Waals surface area contributed by atoms with Crippen LogP contribution in [0.1, 0.15) is 15.9 Å². The first-order chi connectivity index (χ1) is 15.2. The first-order valence-electron chi connectivity index (χ1n) is 9.10. The second kappa shape index (κ2) is 8.50. The van der Waals surface area contributed by atoms with Gasteiger partial charge in [-0.05, 0) is 30.3 Å². The third-order valence-electron chi connectivity index (χ3n) is 4.36. The van der Waals surface area contributed by atoms with Crippen LogP contribution in [0.15, 0.2) is 42.7 Å². The van der Waals surface area contributed by atoms with Crippen molar-refractivity contribution in [2.24, 2.45) is 0 Å². The molecule has 1 aliphatic heterocycles. The zero-order valence-electron chi connectivity index (χ0n) is 16.0. The topological polar surface area (TPSA) is 85.4 Å². The third-order valence-corrected chi connectivity index (χ3v) is 4.68. The van der Waals surface area contributed by atoms with Crippen LogP contribution in [-0.4, -0.2) is 29.0 Å². The second-order valence-corrected chi connectivity index (χ2v) is 6.91. The first-order valence-corrected chi connectivity index (χ1v) is 9.48. The lowest BCUT2D eigenvalue weighted by Gasteiger charge is -2.19. The van der Waals surface area contributed by atoms with Gasteiger partial charge in [0, 0.05) is 5.56 Å². The molecule has 2 heterocycles. The van der Waals surface area contributed by atoms with E-state index < -0.39 is 29.2 Å². The highest BCUT2D eigenvalue weighted by molar-refractivity contribution is 6.32. The molecule has 12 heteroatoms. The SMILES string of the molecule is O=C(Nc1cccc(C(F)(F)F)c1F)c1ccc(Cl)c(Oc2ncnc3c2OCCN3)c1. The van der Waals surface area contributed by atoms with Crippen molar-refractivity contribution in [2.75, 3.05) is 23.8 Å². The van der Waals surface area contributed by atoms with Gasteiger partial charge in [0.1, 0.15) is 18.7 Å². The summed E-state index contributed by atoms with van der Waals surface area (Å²) in [4.78, 5) is 20.6. The Labute approximate surface area is 183 Å². The lowest BCUT2D eigenvalue weighted by molar-refractivity contribution is -0.139. The first kappa shape index (κ1) is 21.6. The number of aromatic nitrogens is 2. The summed E-state index contributed by atoms with van der Waals surface area (Å²) >= 11 is 6.15. The number of hydrogen-bond acceptors (Lipinski definition) is 6. The molecule has 0 fully saturated rings. The van der Waals surface area contributed by atoms with Gasteiger partial charge in [0.2, 0.25) is 5.75 Å². The Morgan fingerprint density at radius 1 is 1.22 bits per heavy atom. The van der Waals surface area contributed by atoms with E-state index in [2.05, 4.69) is 20.6 Å². The molecule has 0 atom stereocenters. The van der Waals surface area contributed by atoms with Gasteiger partial charge in [-0.2, -0.15) is 18.2 Å². The molecule has 0 saturated carbocycles. The number of benzene rings is 2. The fourth-order valence-electron chi connectivity index (χ4n) is 2.88. The van der Waals surface area contributed by atoms with Gasteiger partial charge in [-0.15, -0.1) is 0 Å². The van der Waals surface area contributed by atoms with Crippen LogP contribution in [0.2, 0.25) is 5.02 Å². The molecule has 0 aliphatic carbocycles. The number of nitrogens with zero attached hydrogens (tertiary/aromatic N) is 2. The minimum atomic E-state index is -4.90. The number of hydrogen-bond donors (Lipinski definition) is 2. The molecule has 0 radical (unpaired) electrons. The van der Waals surface area contributed by atoms with Crippen LogP contribution in [0.4, 0.5) is 29.1 Å². The van der Waals surface area contributed by atoms with Crippen LogP contribution in [0, 0.1) is 5.82 Å². The molecular formula is C20H13ClF4N4O3. The van der Waals surface area contributed by atoms with Gasteiger partial charge in [0.15, 0.2) is 11.6 Å². The van der Waals surface area contributed by atoms with E-state index in [1.165, 1.54) is 24.5 Å². The zero-order chi connectivity index (χ0) is 22.9. The number of carbonyl (C=O) groups is 1. The Morgan fingerprint density at radius 2 is 2.03 bits per heavy atom. The van der Waals surface area contributed by atoms with Crippen LogP contribution in [0.3, 0.4) is 0 Å². The summed E-state index contributed by atoms with van der Waals surface area (Å²) in [5, 5.41) is 5.27. The maximum absolute atomic E-state index is 14.2. The van der Waals surface area contributed by atoms with Gasteiger partial charge in [-0.3, -0.25) is 4.79 Å². The van der Waals surface area contributed by atoms with Crippen molar-refractivity contribution in [3.05, 3.63) is 64.7 Å². The summed E-state index contributed by atoms with van der Waals surface area (Å²) in [7, 11) is 0. The van der Waals surface area contributed by atoms with Crippen molar-refractivity contribution in [1.82, 2.24) is 9.97 Å². The molecule has 7 nitrogen and oxygen atoms in total. The molecule has 166 valence electrons. The van der Waals surface area contributed by atoms with Gasteiger partial charge in [-0.25, -0.2) is 9.37 Å². The van der Waals surface area contributed by atoms with Crippen LogP contribution in [-0.2, 0) is 6.18 Å². The minimum Gasteiger partial charge on any atom is -0.483 e. The Hall–Kier alpha value is -3.60. The van der Waals surface area contributed by atoms with E-state index in [1.807, 2.05) is 0 Å². The molecule has 0 unspecified atom stereocenters. The van der Waals surface area contributed by atoms with Crippen LogP contribution in [0.5, 0.6) is 17.4 Å². The summed E-state index contributed by atoms with van der Waals surface area (Å²) < 4.78 is 64.1. The Balaban J connectivity index is 1.59. The van der Waals surface area contributed by atoms with Gasteiger partial charge >= 0.3 is 6.18 Å². The van der Waals surface area contributed by atoms with Gasteiger partial charge in [0.05, 0.1) is 22.8 Å². The average molecular weight is 469 g/mol. The van der Waals surface area contributed by atoms with E-state index in [9.17, 15) is 22.4 Å². The molecular weight excluding hydrogens is 456 g/mol. The summed E-state index contributed by atoms with van der Waals surface area (Å²) in [5.74, 6) is -1.70. The molecule has 0 spiro atoms. The normalized spacial score (nSPS) is 12.9. The van der Waals surface area contributed by atoms with E-state index in [1.54, 1.807) is 0 Å². The van der Waals surface area contributed by atoms with E-state index >= 15 is 0 Å². The van der Waals surface area contributed by atoms with Crippen molar-refractivity contribution in [3.8, 4) is 17.4 Å². The predicted octanol–water partition coefficient (Wildman–Crippen LogP) is 5.14. The number of fused-ring (bicyclic) bond motifs is 1. The summed E-state index contributed by atoms with van der Waals surface area (Å²) in [6.45, 7) is 0.904. The number of rotatable bonds is 4. The molecule has 0 bridgehead atoms. The van der Waals surface area contributed by atoms with E-state index in [0.29, 0.717) is 25.0 Å². The Morgan fingerprint density at radius 3 is 2.81 bits per heavy atom. The molecule has 1 amide bonds. The van der Waals surface area contributed by atoms with E-state index in [-0.39, 0.29) is 28.0 Å². The fraction of sp³-hybridized carbons (Fsp3) is 0.150. The number of halogens is 5. The van der Waals surface area contributed by atoms with Crippen LogP contribution < -0.4 is 20.1 Å². The second-order valence-electron chi connectivity index (χ2n) is 6.50. The van der Waals surface area contributed by atoms with Gasteiger partial charge in [-0.1, -0.05) is 17.7 Å². The lowest BCUT2D eigenvalue weighted by atomic mass is 10.1. The molecule has 2 aromatic carbocycles. The number of nitrogens with one attached hydrogen (secondary N) is 2. The quantitative estimate of drug-likeness (QED) is 0.516. The van der Waals surface area contributed by atoms with Crippen molar-refractivity contribution >= 4 is 29.0 Å². The number of carbonyl (C=O) groups excluding carboxylic acids is 1. The summed E-state index contributed by atoms with van der Waals surface area (Å²) in [5.41, 5.74) is -2.15. The average Bonchev–Trinajstić information content (AvgIpc) is 2.76. The third kappa shape index (κ3) is 4.37. The molecule has 0 saturated heterocycles. The minimum absolute atomic E-state index is 0.0268. The molecule has 3 aromatic rings. The Kier molecular flexibility index (Phi) is 5.74. The maximum atomic E-state index is 14.2. The van der Waals surface area contributed by atoms with Crippen LogP contribution >= 0.6 is 11.6 Å². The molecule has 1 aliphatic rings. The summed E-state index contributed by atoms with van der Waals surface area (Å²) in [6.07, 6.45) is -3.66. The molecule has 1 aromatic heterocycles. The predicted molar refractivity (Wildman–Crippen MR) is 107 cm³/mol. The number of ether oxygens (including phenoxy) is 2. The fourth-order valence-corrected chi connectivity index (χ4v) is 3.03. The lowest BCUT2D eigenvalue weighted by Crippen LogP contribution is -2.19. The molecule has 32 heavy (non-hydrogen) atoms. The highest BCUT2D eigenvalue weighted by Crippen LogP contribution is 2.38. The molecule has 2 N–H and O–H groups in total. The van der Waals surface area contributed by atoms with Gasteiger partial charge < -0.3 is 20.1 Å². The smallest absolute Gasteiger partial charge is 0.419 e. The zero-order valence-corrected chi connectivity index (χ0v) is 16.7. The van der Waals surface area contributed by atoms with E-state index in [0.717, 1.165) is 12.1 Å². The highest BCUT2D eigenvalue weighted by Gasteiger charge is 2.35.